The highest BCUT2D eigenvalue weighted by Gasteiger charge is 2.55. The second-order valence-corrected chi connectivity index (χ2v) is 18.5. The highest BCUT2D eigenvalue weighted by Crippen LogP contribution is 2.51. The third-order valence-electron chi connectivity index (χ3n) is 10.6. The van der Waals surface area contributed by atoms with Gasteiger partial charge in [0.15, 0.2) is 0 Å². The summed E-state index contributed by atoms with van der Waals surface area (Å²) in [5, 5.41) is 2.47. The molecule has 0 aliphatic heterocycles. The van der Waals surface area contributed by atoms with E-state index in [0.29, 0.717) is 19.1 Å². The van der Waals surface area contributed by atoms with Gasteiger partial charge in [-0.3, -0.25) is 4.79 Å². The molecule has 246 valence electrons. The van der Waals surface area contributed by atoms with Crippen molar-refractivity contribution in [3.05, 3.63) is 102 Å². The molecular weight excluding hydrogens is 589 g/mol. The minimum Gasteiger partial charge on any atom is -0.497 e. The van der Waals surface area contributed by atoms with Gasteiger partial charge in [0.25, 0.3) is 8.32 Å². The predicted molar refractivity (Wildman–Crippen MR) is 188 cm³/mol. The molecule has 2 aliphatic carbocycles. The van der Waals surface area contributed by atoms with Crippen LogP contribution in [0.4, 0.5) is 0 Å². The Hall–Kier alpha value is -3.19. The molecule has 1 fully saturated rings. The number of hydrogen-bond acceptors (Lipinski definition) is 5. The molecule has 2 aliphatic rings. The monoisotopic (exact) mass is 640 g/mol. The van der Waals surface area contributed by atoms with Crippen LogP contribution in [0.15, 0.2) is 96.6 Å². The fraction of sp³-hybridized carbons (Fsp3) is 0.475. The van der Waals surface area contributed by atoms with Gasteiger partial charge in [0, 0.05) is 12.7 Å². The van der Waals surface area contributed by atoms with E-state index in [1.165, 1.54) is 23.1 Å². The zero-order chi connectivity index (χ0) is 32.9. The molecule has 6 heteroatoms. The van der Waals surface area contributed by atoms with Gasteiger partial charge in [0.2, 0.25) is 0 Å². The predicted octanol–water partition coefficient (Wildman–Crippen LogP) is 7.57. The van der Waals surface area contributed by atoms with Crippen LogP contribution < -0.4 is 15.1 Å². The summed E-state index contributed by atoms with van der Waals surface area (Å²) in [5.41, 5.74) is 2.38. The maximum atomic E-state index is 13.7. The average molecular weight is 641 g/mol. The fourth-order valence-electron chi connectivity index (χ4n) is 8.32. The van der Waals surface area contributed by atoms with Crippen LogP contribution in [0.1, 0.15) is 59.4 Å². The van der Waals surface area contributed by atoms with Crippen LogP contribution in [0.25, 0.3) is 0 Å². The Kier molecular flexibility index (Phi) is 10.9. The maximum Gasteiger partial charge on any atom is 0.309 e. The number of fused-ring (bicyclic) bond motifs is 1. The largest absolute Gasteiger partial charge is 0.497 e. The Bertz CT molecular complexity index is 1410. The van der Waals surface area contributed by atoms with Gasteiger partial charge in [0.05, 0.1) is 26.7 Å². The van der Waals surface area contributed by atoms with Gasteiger partial charge in [-0.05, 0) is 83.0 Å². The number of carbonyl (C=O) groups excluding carboxylic acids is 1. The summed E-state index contributed by atoms with van der Waals surface area (Å²) in [5.74, 6) is 1.20. The van der Waals surface area contributed by atoms with E-state index in [2.05, 4.69) is 101 Å². The molecular formula is C40H52O5Si. The van der Waals surface area contributed by atoms with Crippen molar-refractivity contribution in [1.82, 2.24) is 0 Å². The zero-order valence-electron chi connectivity index (χ0n) is 28.7. The van der Waals surface area contributed by atoms with E-state index in [4.69, 9.17) is 18.6 Å². The summed E-state index contributed by atoms with van der Waals surface area (Å²) in [6.45, 7) is 12.6. The maximum absolute atomic E-state index is 13.7. The normalized spacial score (nSPS) is 24.9. The van der Waals surface area contributed by atoms with Crippen molar-refractivity contribution in [2.24, 2.45) is 29.6 Å². The third-order valence-corrected chi connectivity index (χ3v) is 15.7. The summed E-state index contributed by atoms with van der Waals surface area (Å²) >= 11 is 0. The van der Waals surface area contributed by atoms with Gasteiger partial charge in [-0.2, -0.15) is 0 Å². The summed E-state index contributed by atoms with van der Waals surface area (Å²) in [6.07, 6.45) is 5.23. The molecule has 5 rings (SSSR count). The summed E-state index contributed by atoms with van der Waals surface area (Å²) in [7, 11) is 0.458. The number of carbonyl (C=O) groups is 1. The first-order valence-corrected chi connectivity index (χ1v) is 18.8. The Balaban J connectivity index is 1.41. The quantitative estimate of drug-likeness (QED) is 0.0937. The van der Waals surface area contributed by atoms with Gasteiger partial charge < -0.3 is 18.6 Å². The standard InChI is InChI=1S/C40H52O5Si/c1-28-26-31-20-23-36(45-46(40(3,4)5,33-14-10-8-11-15-33)34-16-12-9-13-17-34)29(2)37(31)38(39(41)43-7)35(28)24-25-44-27-30-18-21-32(42-6)22-19-30/h8-19,21-22,26,29,31,35-38H,20,23-25,27H2,1-7H3/t29-,31-,35+,36+,37-,38-/m0/s1. The van der Waals surface area contributed by atoms with Crippen LogP contribution >= 0.6 is 0 Å². The molecule has 0 heterocycles. The van der Waals surface area contributed by atoms with Crippen molar-refractivity contribution in [3.63, 3.8) is 0 Å². The number of allylic oxidation sites excluding steroid dienone is 2. The molecule has 46 heavy (non-hydrogen) atoms. The second kappa shape index (κ2) is 14.7. The van der Waals surface area contributed by atoms with E-state index in [9.17, 15) is 4.79 Å². The van der Waals surface area contributed by atoms with Crippen molar-refractivity contribution in [3.8, 4) is 5.75 Å². The van der Waals surface area contributed by atoms with Crippen LogP contribution in [-0.4, -0.2) is 41.2 Å². The summed E-state index contributed by atoms with van der Waals surface area (Å²) < 4.78 is 24.7. The molecule has 0 saturated heterocycles. The lowest BCUT2D eigenvalue weighted by atomic mass is 9.58. The van der Waals surface area contributed by atoms with E-state index in [1.54, 1.807) is 7.11 Å². The first-order chi connectivity index (χ1) is 22.1. The molecule has 0 radical (unpaired) electrons. The number of benzene rings is 3. The van der Waals surface area contributed by atoms with Crippen molar-refractivity contribution >= 4 is 24.7 Å². The van der Waals surface area contributed by atoms with Crippen LogP contribution in [0, 0.1) is 29.6 Å². The molecule has 0 N–H and O–H groups in total. The van der Waals surface area contributed by atoms with Gasteiger partial charge in [0.1, 0.15) is 5.75 Å². The van der Waals surface area contributed by atoms with E-state index in [1.807, 2.05) is 24.3 Å². The molecule has 5 nitrogen and oxygen atoms in total. The van der Waals surface area contributed by atoms with Crippen molar-refractivity contribution < 1.29 is 23.4 Å². The first-order valence-electron chi connectivity index (χ1n) is 16.9. The number of ether oxygens (including phenoxy) is 3. The number of methoxy groups -OCH3 is 2. The first kappa shape index (κ1) is 34.1. The molecule has 0 aromatic heterocycles. The van der Waals surface area contributed by atoms with Crippen LogP contribution in [-0.2, 0) is 25.3 Å². The zero-order valence-corrected chi connectivity index (χ0v) is 29.7. The van der Waals surface area contributed by atoms with Crippen LogP contribution in [0.3, 0.4) is 0 Å². The molecule has 0 unspecified atom stereocenters. The Morgan fingerprint density at radius 2 is 1.48 bits per heavy atom. The smallest absolute Gasteiger partial charge is 0.309 e. The van der Waals surface area contributed by atoms with Crippen molar-refractivity contribution in [2.75, 3.05) is 20.8 Å². The molecule has 0 amide bonds. The topological polar surface area (TPSA) is 54.0 Å². The van der Waals surface area contributed by atoms with E-state index in [0.717, 1.165) is 30.6 Å². The minimum absolute atomic E-state index is 0.0264. The minimum atomic E-state index is -2.75. The van der Waals surface area contributed by atoms with E-state index < -0.39 is 8.32 Å². The molecule has 3 aromatic rings. The average Bonchev–Trinajstić information content (AvgIpc) is 3.06. The Morgan fingerprint density at radius 3 is 2.02 bits per heavy atom. The lowest BCUT2D eigenvalue weighted by molar-refractivity contribution is -0.154. The molecule has 3 aromatic carbocycles. The van der Waals surface area contributed by atoms with E-state index >= 15 is 0 Å². The van der Waals surface area contributed by atoms with Crippen molar-refractivity contribution in [1.29, 1.82) is 0 Å². The van der Waals surface area contributed by atoms with Crippen molar-refractivity contribution in [2.45, 2.75) is 71.6 Å². The lowest BCUT2D eigenvalue weighted by Gasteiger charge is -2.52. The van der Waals surface area contributed by atoms with Crippen LogP contribution in [0.5, 0.6) is 5.75 Å². The van der Waals surface area contributed by atoms with Gasteiger partial charge in [-0.25, -0.2) is 0 Å². The third kappa shape index (κ3) is 6.90. The van der Waals surface area contributed by atoms with Gasteiger partial charge >= 0.3 is 5.97 Å². The lowest BCUT2D eigenvalue weighted by Crippen LogP contribution is -2.68. The Labute approximate surface area is 277 Å². The van der Waals surface area contributed by atoms with Gasteiger partial charge in [-0.1, -0.05) is 112 Å². The SMILES string of the molecule is COC(=O)[C@@H]1[C@H]2[C@@H](C)[C@H](O[Si](c3ccccc3)(c3ccccc3)C(C)(C)C)CC[C@H]2C=C(C)[C@H]1CCOCc1ccc(OC)cc1. The summed E-state index contributed by atoms with van der Waals surface area (Å²) in [4.78, 5) is 13.7. The number of esters is 1. The highest BCUT2D eigenvalue weighted by atomic mass is 28.4. The van der Waals surface area contributed by atoms with Gasteiger partial charge in [-0.15, -0.1) is 0 Å². The highest BCUT2D eigenvalue weighted by molar-refractivity contribution is 6.99. The molecule has 6 atom stereocenters. The molecule has 0 bridgehead atoms. The number of rotatable bonds is 11. The second-order valence-electron chi connectivity index (χ2n) is 14.3. The fourth-order valence-corrected chi connectivity index (χ4v) is 13.1. The van der Waals surface area contributed by atoms with E-state index in [-0.39, 0.29) is 40.8 Å². The number of hydrogen-bond donors (Lipinski definition) is 0. The summed E-state index contributed by atoms with van der Waals surface area (Å²) in [6, 6.07) is 29.7. The Morgan fingerprint density at radius 1 is 0.870 bits per heavy atom. The molecule has 0 spiro atoms. The molecule has 1 saturated carbocycles. The van der Waals surface area contributed by atoms with Crippen LogP contribution in [0.2, 0.25) is 5.04 Å².